The minimum atomic E-state index is -4.26. The number of hydrogen-bond donors (Lipinski definition) is 0. The van der Waals surface area contributed by atoms with E-state index in [1.807, 2.05) is 12.1 Å². The van der Waals surface area contributed by atoms with Gasteiger partial charge in [-0.1, -0.05) is 19.1 Å². The van der Waals surface area contributed by atoms with Crippen LogP contribution in [-0.4, -0.2) is 0 Å². The molecule has 4 heteroatoms. The van der Waals surface area contributed by atoms with Crippen LogP contribution in [0.15, 0.2) is 36.4 Å². The third-order valence-corrected chi connectivity index (χ3v) is 3.79. The van der Waals surface area contributed by atoms with E-state index in [-0.39, 0.29) is 0 Å². The Balaban J connectivity index is 2.29. The summed E-state index contributed by atoms with van der Waals surface area (Å²) in [5.74, 6) is 0. The highest BCUT2D eigenvalue weighted by Gasteiger charge is 2.29. The van der Waals surface area contributed by atoms with Crippen LogP contribution in [-0.2, 0) is 12.6 Å². The Kier molecular flexibility index (Phi) is 3.24. The first-order valence-corrected chi connectivity index (χ1v) is 6.08. The second-order valence-corrected chi connectivity index (χ2v) is 4.86. The van der Waals surface area contributed by atoms with Gasteiger partial charge in [0, 0.05) is 9.75 Å². The van der Waals surface area contributed by atoms with Gasteiger partial charge in [-0.3, -0.25) is 0 Å². The molecule has 17 heavy (non-hydrogen) atoms. The SMILES string of the molecule is CCc1ccc(-c2ccc(C(F)(F)F)cc2)s1. The second-order valence-electron chi connectivity index (χ2n) is 3.69. The van der Waals surface area contributed by atoms with Gasteiger partial charge in [0.05, 0.1) is 5.56 Å². The molecule has 0 N–H and O–H groups in total. The van der Waals surface area contributed by atoms with E-state index in [1.54, 1.807) is 11.3 Å². The number of aryl methyl sites for hydroxylation is 1. The van der Waals surface area contributed by atoms with Crippen LogP contribution in [0.5, 0.6) is 0 Å². The van der Waals surface area contributed by atoms with Crippen molar-refractivity contribution >= 4 is 11.3 Å². The summed E-state index contributed by atoms with van der Waals surface area (Å²) in [5.41, 5.74) is 0.233. The lowest BCUT2D eigenvalue weighted by Gasteiger charge is -2.06. The Morgan fingerprint density at radius 3 is 2.12 bits per heavy atom. The molecular weight excluding hydrogens is 245 g/mol. The zero-order chi connectivity index (χ0) is 12.5. The number of thiophene rings is 1. The van der Waals surface area contributed by atoms with Gasteiger partial charge in [0.1, 0.15) is 0 Å². The molecule has 2 rings (SSSR count). The van der Waals surface area contributed by atoms with Gasteiger partial charge in [0.2, 0.25) is 0 Å². The minimum absolute atomic E-state index is 0.603. The van der Waals surface area contributed by atoms with E-state index in [2.05, 4.69) is 6.92 Å². The molecule has 0 unspecified atom stereocenters. The molecule has 0 saturated carbocycles. The van der Waals surface area contributed by atoms with Crippen LogP contribution in [0.1, 0.15) is 17.4 Å². The first-order valence-electron chi connectivity index (χ1n) is 5.27. The van der Waals surface area contributed by atoms with Gasteiger partial charge in [-0.05, 0) is 36.2 Å². The maximum atomic E-state index is 12.4. The Hall–Kier alpha value is -1.29. The molecule has 1 aromatic carbocycles. The summed E-state index contributed by atoms with van der Waals surface area (Å²) in [6.45, 7) is 2.06. The second kappa shape index (κ2) is 4.53. The van der Waals surface area contributed by atoms with Crippen LogP contribution in [0.25, 0.3) is 10.4 Å². The van der Waals surface area contributed by atoms with Crippen molar-refractivity contribution < 1.29 is 13.2 Å². The molecule has 0 amide bonds. The molecule has 0 aliphatic rings. The lowest BCUT2D eigenvalue weighted by atomic mass is 10.1. The lowest BCUT2D eigenvalue weighted by molar-refractivity contribution is -0.137. The van der Waals surface area contributed by atoms with Gasteiger partial charge in [0.25, 0.3) is 0 Å². The van der Waals surface area contributed by atoms with Crippen LogP contribution >= 0.6 is 11.3 Å². The van der Waals surface area contributed by atoms with Gasteiger partial charge in [0.15, 0.2) is 0 Å². The summed E-state index contributed by atoms with van der Waals surface area (Å²) in [6.07, 6.45) is -3.31. The van der Waals surface area contributed by atoms with E-state index in [0.29, 0.717) is 0 Å². The highest BCUT2D eigenvalue weighted by atomic mass is 32.1. The highest BCUT2D eigenvalue weighted by molar-refractivity contribution is 7.15. The van der Waals surface area contributed by atoms with Gasteiger partial charge in [-0.25, -0.2) is 0 Å². The summed E-state index contributed by atoms with van der Waals surface area (Å²) >= 11 is 1.62. The first kappa shape index (κ1) is 12.2. The van der Waals surface area contributed by atoms with Crippen molar-refractivity contribution in [3.8, 4) is 10.4 Å². The third kappa shape index (κ3) is 2.69. The molecule has 0 spiro atoms. The summed E-state index contributed by atoms with van der Waals surface area (Å²) in [5, 5.41) is 0. The maximum absolute atomic E-state index is 12.4. The molecule has 0 radical (unpaired) electrons. The van der Waals surface area contributed by atoms with E-state index in [9.17, 15) is 13.2 Å². The average Bonchev–Trinajstić information content (AvgIpc) is 2.76. The Labute approximate surface area is 102 Å². The molecule has 1 heterocycles. The first-order chi connectivity index (χ1) is 8.00. The quantitative estimate of drug-likeness (QED) is 0.709. The van der Waals surface area contributed by atoms with Crippen molar-refractivity contribution in [1.29, 1.82) is 0 Å². The summed E-state index contributed by atoms with van der Waals surface area (Å²) in [7, 11) is 0. The topological polar surface area (TPSA) is 0 Å². The Morgan fingerprint density at radius 1 is 1.00 bits per heavy atom. The predicted molar refractivity (Wildman–Crippen MR) is 64.1 cm³/mol. The normalized spacial score (nSPS) is 11.8. The third-order valence-electron chi connectivity index (χ3n) is 2.51. The van der Waals surface area contributed by atoms with Crippen molar-refractivity contribution in [3.63, 3.8) is 0 Å². The average molecular weight is 256 g/mol. The van der Waals surface area contributed by atoms with Gasteiger partial charge in [-0.15, -0.1) is 11.3 Å². The van der Waals surface area contributed by atoms with E-state index >= 15 is 0 Å². The monoisotopic (exact) mass is 256 g/mol. The van der Waals surface area contributed by atoms with Crippen LogP contribution in [0.2, 0.25) is 0 Å². The fourth-order valence-corrected chi connectivity index (χ4v) is 2.50. The van der Waals surface area contributed by atoms with E-state index in [4.69, 9.17) is 0 Å². The number of benzene rings is 1. The number of halogens is 3. The molecule has 0 aliphatic heterocycles. The number of alkyl halides is 3. The van der Waals surface area contributed by atoms with E-state index < -0.39 is 11.7 Å². The molecule has 0 atom stereocenters. The van der Waals surface area contributed by atoms with Gasteiger partial charge >= 0.3 is 6.18 Å². The van der Waals surface area contributed by atoms with Crippen LogP contribution in [0.3, 0.4) is 0 Å². The largest absolute Gasteiger partial charge is 0.416 e. The summed E-state index contributed by atoms with van der Waals surface area (Å²) in [4.78, 5) is 2.25. The molecule has 90 valence electrons. The van der Waals surface area contributed by atoms with Crippen molar-refractivity contribution in [2.24, 2.45) is 0 Å². The van der Waals surface area contributed by atoms with Crippen LogP contribution in [0.4, 0.5) is 13.2 Å². The van der Waals surface area contributed by atoms with Crippen molar-refractivity contribution in [3.05, 3.63) is 46.8 Å². The smallest absolute Gasteiger partial charge is 0.166 e. The Morgan fingerprint density at radius 2 is 1.65 bits per heavy atom. The van der Waals surface area contributed by atoms with Gasteiger partial charge < -0.3 is 0 Å². The standard InChI is InChI=1S/C13H11F3S/c1-2-11-7-8-12(17-11)9-3-5-10(6-4-9)13(14,15)16/h3-8H,2H2,1H3. The molecule has 0 aliphatic carbocycles. The van der Waals surface area contributed by atoms with Gasteiger partial charge in [-0.2, -0.15) is 13.2 Å². The summed E-state index contributed by atoms with van der Waals surface area (Å²) in [6, 6.07) is 9.26. The maximum Gasteiger partial charge on any atom is 0.416 e. The fourth-order valence-electron chi connectivity index (χ4n) is 1.55. The minimum Gasteiger partial charge on any atom is -0.166 e. The number of hydrogen-bond acceptors (Lipinski definition) is 1. The predicted octanol–water partition coefficient (Wildman–Crippen LogP) is 5.00. The van der Waals surface area contributed by atoms with Crippen LogP contribution < -0.4 is 0 Å². The van der Waals surface area contributed by atoms with Crippen molar-refractivity contribution in [2.75, 3.05) is 0 Å². The molecule has 1 aromatic heterocycles. The highest BCUT2D eigenvalue weighted by Crippen LogP contribution is 2.33. The van der Waals surface area contributed by atoms with E-state index in [0.717, 1.165) is 29.0 Å². The molecule has 0 saturated heterocycles. The summed E-state index contributed by atoms with van der Waals surface area (Å²) < 4.78 is 37.2. The molecule has 0 nitrogen and oxygen atoms in total. The molecule has 2 aromatic rings. The molecule has 0 fully saturated rings. The fraction of sp³-hybridized carbons (Fsp3) is 0.231. The number of rotatable bonds is 2. The van der Waals surface area contributed by atoms with Crippen molar-refractivity contribution in [1.82, 2.24) is 0 Å². The van der Waals surface area contributed by atoms with Crippen molar-refractivity contribution in [2.45, 2.75) is 19.5 Å². The zero-order valence-electron chi connectivity index (χ0n) is 9.21. The Bertz CT molecular complexity index is 494. The lowest BCUT2D eigenvalue weighted by Crippen LogP contribution is -2.03. The molecule has 0 bridgehead atoms. The van der Waals surface area contributed by atoms with Crippen LogP contribution in [0, 0.1) is 0 Å². The zero-order valence-corrected chi connectivity index (χ0v) is 10.0. The molecular formula is C13H11F3S. The van der Waals surface area contributed by atoms with E-state index in [1.165, 1.54) is 17.0 Å².